The lowest BCUT2D eigenvalue weighted by Gasteiger charge is -2.13. The smallest absolute Gasteiger partial charge is 0.262 e. The summed E-state index contributed by atoms with van der Waals surface area (Å²) in [4.78, 5) is 25.5. The molecule has 0 radical (unpaired) electrons. The van der Waals surface area contributed by atoms with Crippen LogP contribution in [-0.4, -0.2) is 28.5 Å². The number of hydrogen-bond acceptors (Lipinski definition) is 5. The Hall–Kier alpha value is -4.15. The first-order valence-corrected chi connectivity index (χ1v) is 10.0. The molecule has 8 heteroatoms. The molecule has 0 saturated heterocycles. The Morgan fingerprint density at radius 1 is 1.19 bits per heavy atom. The van der Waals surface area contributed by atoms with Gasteiger partial charge in [-0.3, -0.25) is 14.7 Å². The van der Waals surface area contributed by atoms with E-state index < -0.39 is 0 Å². The van der Waals surface area contributed by atoms with Crippen molar-refractivity contribution >= 4 is 39.9 Å². The lowest BCUT2D eigenvalue weighted by molar-refractivity contribution is -0.118. The number of anilines is 1. The maximum atomic E-state index is 13.0. The Morgan fingerprint density at radius 2 is 2.03 bits per heavy atom. The van der Waals surface area contributed by atoms with Crippen molar-refractivity contribution < 1.29 is 14.3 Å². The van der Waals surface area contributed by atoms with Gasteiger partial charge in [0.2, 0.25) is 0 Å². The highest BCUT2D eigenvalue weighted by Gasteiger charge is 2.17. The molecule has 0 aliphatic heterocycles. The first-order valence-electron chi connectivity index (χ1n) is 9.65. The second-order valence-electron chi connectivity index (χ2n) is 7.12. The average Bonchev–Trinajstić information content (AvgIpc) is 3.25. The number of carbonyl (C=O) groups excluding carboxylic acids is 2. The molecule has 0 bridgehead atoms. The molecule has 0 unspecified atom stereocenters. The van der Waals surface area contributed by atoms with Crippen LogP contribution in [0.25, 0.3) is 10.9 Å². The van der Waals surface area contributed by atoms with Crippen LogP contribution >= 0.6 is 11.6 Å². The summed E-state index contributed by atoms with van der Waals surface area (Å²) in [6, 6.07) is 16.7. The van der Waals surface area contributed by atoms with Crippen molar-refractivity contribution in [3.63, 3.8) is 0 Å². The molecule has 0 spiro atoms. The Labute approximate surface area is 188 Å². The fourth-order valence-electron chi connectivity index (χ4n) is 3.26. The fraction of sp³-hybridized carbons (Fsp3) is 0.0833. The van der Waals surface area contributed by atoms with Crippen LogP contribution in [0.1, 0.15) is 27.0 Å². The minimum absolute atomic E-state index is 0.204. The maximum absolute atomic E-state index is 13.0. The topological polar surface area (TPSA) is 108 Å². The molecule has 4 rings (SSSR count). The normalized spacial score (nSPS) is 10.5. The highest BCUT2D eigenvalue weighted by molar-refractivity contribution is 6.31. The summed E-state index contributed by atoms with van der Waals surface area (Å²) in [5.74, 6) is -0.523. The molecule has 0 fully saturated rings. The number of aromatic nitrogens is 2. The largest absolute Gasteiger partial charge is 0.483 e. The van der Waals surface area contributed by atoms with Crippen LogP contribution in [-0.2, 0) is 4.79 Å². The van der Waals surface area contributed by atoms with E-state index in [1.165, 1.54) is 12.1 Å². The molecule has 0 saturated carbocycles. The number of nitriles is 1. The molecule has 32 heavy (non-hydrogen) atoms. The first-order chi connectivity index (χ1) is 15.4. The number of ketones is 1. The predicted molar refractivity (Wildman–Crippen MR) is 121 cm³/mol. The van der Waals surface area contributed by atoms with E-state index in [2.05, 4.69) is 15.5 Å². The zero-order chi connectivity index (χ0) is 22.7. The van der Waals surface area contributed by atoms with Crippen LogP contribution in [0.5, 0.6) is 5.75 Å². The minimum atomic E-state index is -0.383. The summed E-state index contributed by atoms with van der Waals surface area (Å²) in [5.41, 5.74) is 3.21. The third-order valence-electron chi connectivity index (χ3n) is 4.86. The van der Waals surface area contributed by atoms with Gasteiger partial charge in [0, 0.05) is 21.7 Å². The van der Waals surface area contributed by atoms with Crippen LogP contribution in [0.3, 0.4) is 0 Å². The van der Waals surface area contributed by atoms with Gasteiger partial charge in [-0.1, -0.05) is 23.7 Å². The van der Waals surface area contributed by atoms with Gasteiger partial charge < -0.3 is 10.1 Å². The average molecular weight is 445 g/mol. The van der Waals surface area contributed by atoms with E-state index in [1.807, 2.05) is 19.1 Å². The molecule has 0 aliphatic rings. The molecule has 1 aromatic heterocycles. The van der Waals surface area contributed by atoms with Crippen molar-refractivity contribution in [1.29, 1.82) is 5.26 Å². The number of fused-ring (bicyclic) bond motifs is 1. The maximum Gasteiger partial charge on any atom is 0.262 e. The summed E-state index contributed by atoms with van der Waals surface area (Å²) < 4.78 is 5.66. The number of rotatable bonds is 6. The number of carbonyl (C=O) groups is 2. The van der Waals surface area contributed by atoms with Crippen LogP contribution in [0.2, 0.25) is 5.02 Å². The van der Waals surface area contributed by atoms with Gasteiger partial charge in [-0.05, 0) is 55.0 Å². The van der Waals surface area contributed by atoms with Gasteiger partial charge in [0.05, 0.1) is 28.9 Å². The molecule has 3 aromatic carbocycles. The van der Waals surface area contributed by atoms with Gasteiger partial charge in [0.15, 0.2) is 12.4 Å². The number of aryl methyl sites for hydroxylation is 1. The van der Waals surface area contributed by atoms with E-state index in [1.54, 1.807) is 42.6 Å². The number of ether oxygens (including phenoxy) is 1. The Bertz CT molecular complexity index is 1390. The Balaban J connectivity index is 1.51. The lowest BCUT2D eigenvalue weighted by atomic mass is 10.0. The molecule has 0 atom stereocenters. The number of aromatic amines is 1. The molecule has 158 valence electrons. The third-order valence-corrected chi connectivity index (χ3v) is 5.09. The van der Waals surface area contributed by atoms with E-state index in [4.69, 9.17) is 21.6 Å². The van der Waals surface area contributed by atoms with Gasteiger partial charge in [-0.15, -0.1) is 0 Å². The number of hydrogen-bond donors (Lipinski definition) is 2. The van der Waals surface area contributed by atoms with Gasteiger partial charge in [0.1, 0.15) is 5.75 Å². The van der Waals surface area contributed by atoms with Crippen molar-refractivity contribution in [3.8, 4) is 11.8 Å². The van der Waals surface area contributed by atoms with E-state index in [-0.39, 0.29) is 29.6 Å². The second kappa shape index (κ2) is 8.92. The minimum Gasteiger partial charge on any atom is -0.483 e. The highest BCUT2D eigenvalue weighted by Crippen LogP contribution is 2.26. The van der Waals surface area contributed by atoms with Gasteiger partial charge >= 0.3 is 0 Å². The molecule has 1 heterocycles. The summed E-state index contributed by atoms with van der Waals surface area (Å²) in [6.45, 7) is 1.58. The van der Waals surface area contributed by atoms with Crippen LogP contribution < -0.4 is 10.1 Å². The fourth-order valence-corrected chi connectivity index (χ4v) is 3.43. The monoisotopic (exact) mass is 444 g/mol. The molecule has 7 nitrogen and oxygen atoms in total. The highest BCUT2D eigenvalue weighted by atomic mass is 35.5. The van der Waals surface area contributed by atoms with E-state index in [9.17, 15) is 9.59 Å². The standard InChI is InChI=1S/C24H17ClN4O3/c1-14-7-17-12-27-29-21(17)10-20(14)28-23(30)13-32-22-6-5-18(25)9-19(22)24(31)16-4-2-3-15(8-16)11-26/h2-10,12H,13H2,1H3,(H,27,29)(H,28,30). The lowest BCUT2D eigenvalue weighted by Crippen LogP contribution is -2.21. The summed E-state index contributed by atoms with van der Waals surface area (Å²) in [5, 5.41) is 20.0. The van der Waals surface area contributed by atoms with Crippen LogP contribution in [0.4, 0.5) is 5.69 Å². The SMILES string of the molecule is Cc1cc2cn[nH]c2cc1NC(=O)COc1ccc(Cl)cc1C(=O)c1cccc(C#N)c1. The summed E-state index contributed by atoms with van der Waals surface area (Å²) in [7, 11) is 0. The van der Waals surface area contributed by atoms with Crippen molar-refractivity contribution in [1.82, 2.24) is 10.2 Å². The quantitative estimate of drug-likeness (QED) is 0.421. The van der Waals surface area contributed by atoms with Crippen molar-refractivity contribution in [2.75, 3.05) is 11.9 Å². The van der Waals surface area contributed by atoms with E-state index in [0.717, 1.165) is 16.5 Å². The van der Waals surface area contributed by atoms with E-state index in [0.29, 0.717) is 21.8 Å². The van der Waals surface area contributed by atoms with Gasteiger partial charge in [-0.2, -0.15) is 10.4 Å². The molecular formula is C24H17ClN4O3. The number of nitrogens with zero attached hydrogens (tertiary/aromatic N) is 2. The van der Waals surface area contributed by atoms with Crippen molar-refractivity contribution in [3.05, 3.63) is 88.1 Å². The first kappa shape index (κ1) is 21.1. The Morgan fingerprint density at radius 3 is 2.84 bits per heavy atom. The van der Waals surface area contributed by atoms with Gasteiger partial charge in [0.25, 0.3) is 5.91 Å². The molecular weight excluding hydrogens is 428 g/mol. The molecule has 4 aromatic rings. The Kier molecular flexibility index (Phi) is 5.88. The zero-order valence-electron chi connectivity index (χ0n) is 17.0. The predicted octanol–water partition coefficient (Wildman–Crippen LogP) is 4.64. The van der Waals surface area contributed by atoms with Crippen molar-refractivity contribution in [2.24, 2.45) is 0 Å². The zero-order valence-corrected chi connectivity index (χ0v) is 17.7. The molecule has 0 aliphatic carbocycles. The van der Waals surface area contributed by atoms with Crippen molar-refractivity contribution in [2.45, 2.75) is 6.92 Å². The number of H-pyrrole nitrogens is 1. The van der Waals surface area contributed by atoms with Crippen LogP contribution in [0.15, 0.2) is 60.8 Å². The van der Waals surface area contributed by atoms with Crippen LogP contribution in [0, 0.1) is 18.3 Å². The van der Waals surface area contributed by atoms with E-state index >= 15 is 0 Å². The number of benzene rings is 3. The third kappa shape index (κ3) is 4.46. The molecule has 2 N–H and O–H groups in total. The summed E-state index contributed by atoms with van der Waals surface area (Å²) >= 11 is 6.09. The second-order valence-corrected chi connectivity index (χ2v) is 7.56. The molecule has 1 amide bonds. The number of nitrogens with one attached hydrogen (secondary N) is 2. The summed E-state index contributed by atoms with van der Waals surface area (Å²) in [6.07, 6.45) is 1.71. The number of amides is 1. The number of halogens is 1. The van der Waals surface area contributed by atoms with Gasteiger partial charge in [-0.25, -0.2) is 0 Å².